The van der Waals surface area contributed by atoms with E-state index in [1.165, 1.54) is 0 Å². The van der Waals surface area contributed by atoms with Crippen LogP contribution in [0.4, 0.5) is 0 Å². The summed E-state index contributed by atoms with van der Waals surface area (Å²) in [6.45, 7) is 4.21. The van der Waals surface area contributed by atoms with Crippen molar-refractivity contribution in [2.75, 3.05) is 19.8 Å². The second kappa shape index (κ2) is 5.89. The molecular formula is C16H24N2O3. The number of Topliss-reactive ketones (excluding diaryl/α,β-unsaturated/α-hetero) is 1. The number of carbonyl (C=O) groups excluding carboxylic acids is 1. The maximum Gasteiger partial charge on any atom is 0.169 e. The van der Waals surface area contributed by atoms with Crippen LogP contribution in [0.5, 0.6) is 0 Å². The van der Waals surface area contributed by atoms with Crippen LogP contribution in [0.15, 0.2) is 6.20 Å². The number of hydrogen-bond donors (Lipinski definition) is 0. The van der Waals surface area contributed by atoms with Crippen molar-refractivity contribution in [1.29, 1.82) is 0 Å². The molecule has 21 heavy (non-hydrogen) atoms. The van der Waals surface area contributed by atoms with Gasteiger partial charge in [0.25, 0.3) is 0 Å². The van der Waals surface area contributed by atoms with Gasteiger partial charge in [-0.05, 0) is 32.1 Å². The molecule has 0 amide bonds. The molecule has 2 aliphatic heterocycles. The molecule has 0 bridgehead atoms. The molecule has 1 spiro atoms. The first-order valence-corrected chi connectivity index (χ1v) is 7.92. The van der Waals surface area contributed by atoms with Crippen molar-refractivity contribution in [2.45, 2.75) is 44.6 Å². The van der Waals surface area contributed by atoms with E-state index in [9.17, 15) is 4.79 Å². The van der Waals surface area contributed by atoms with Gasteiger partial charge in [0.15, 0.2) is 5.78 Å². The first kappa shape index (κ1) is 14.7. The number of nitrogens with zero attached hydrogens (tertiary/aromatic N) is 2. The molecule has 0 radical (unpaired) electrons. The predicted molar refractivity (Wildman–Crippen MR) is 78.4 cm³/mol. The Morgan fingerprint density at radius 2 is 2.19 bits per heavy atom. The summed E-state index contributed by atoms with van der Waals surface area (Å²) in [7, 11) is 1.87. The highest BCUT2D eigenvalue weighted by Crippen LogP contribution is 2.38. The van der Waals surface area contributed by atoms with Gasteiger partial charge in [-0.3, -0.25) is 9.48 Å². The van der Waals surface area contributed by atoms with Gasteiger partial charge in [-0.15, -0.1) is 0 Å². The summed E-state index contributed by atoms with van der Waals surface area (Å²) in [5.41, 5.74) is 1.58. The Kier molecular flexibility index (Phi) is 4.13. The number of ketones is 1. The number of rotatable bonds is 3. The Hall–Kier alpha value is -1.20. The van der Waals surface area contributed by atoms with Crippen LogP contribution >= 0.6 is 0 Å². The molecule has 1 aromatic heterocycles. The lowest BCUT2D eigenvalue weighted by atomic mass is 9.78. The molecule has 2 fully saturated rings. The van der Waals surface area contributed by atoms with Crippen LogP contribution in [0.2, 0.25) is 0 Å². The standard InChI is InChI=1S/C16H24N2O3/c1-3-14-13(11-18(2)17-14)15(19)12-4-7-21-16(10-12)5-8-20-9-6-16/h11-12H,3-10H2,1-2H3. The molecule has 0 N–H and O–H groups in total. The molecule has 5 heteroatoms. The molecule has 0 aromatic carbocycles. The predicted octanol–water partition coefficient (Wildman–Crippen LogP) is 2.14. The second-order valence-electron chi connectivity index (χ2n) is 6.21. The average Bonchev–Trinajstić information content (AvgIpc) is 2.88. The van der Waals surface area contributed by atoms with E-state index in [2.05, 4.69) is 5.10 Å². The summed E-state index contributed by atoms with van der Waals surface area (Å²) in [5.74, 6) is 0.306. The monoisotopic (exact) mass is 292 g/mol. The lowest BCUT2D eigenvalue weighted by molar-refractivity contribution is -0.142. The van der Waals surface area contributed by atoms with Crippen molar-refractivity contribution in [1.82, 2.24) is 9.78 Å². The van der Waals surface area contributed by atoms with Crippen molar-refractivity contribution in [3.63, 3.8) is 0 Å². The minimum absolute atomic E-state index is 0.0614. The van der Waals surface area contributed by atoms with Crippen LogP contribution in [0.25, 0.3) is 0 Å². The summed E-state index contributed by atoms with van der Waals surface area (Å²) < 4.78 is 13.2. The third-order valence-corrected chi connectivity index (χ3v) is 4.77. The lowest BCUT2D eigenvalue weighted by Gasteiger charge is -2.42. The van der Waals surface area contributed by atoms with Gasteiger partial charge in [-0.25, -0.2) is 0 Å². The summed E-state index contributed by atoms with van der Waals surface area (Å²) in [6.07, 6.45) is 6.12. The van der Waals surface area contributed by atoms with E-state index < -0.39 is 0 Å². The summed E-state index contributed by atoms with van der Waals surface area (Å²) in [4.78, 5) is 12.9. The average molecular weight is 292 g/mol. The zero-order chi connectivity index (χ0) is 14.9. The Labute approximate surface area is 125 Å². The van der Waals surface area contributed by atoms with Crippen LogP contribution in [-0.2, 0) is 22.9 Å². The Bertz CT molecular complexity index is 512. The zero-order valence-corrected chi connectivity index (χ0v) is 12.9. The van der Waals surface area contributed by atoms with Gasteiger partial charge >= 0.3 is 0 Å². The lowest BCUT2D eigenvalue weighted by Crippen LogP contribution is -2.46. The minimum Gasteiger partial charge on any atom is -0.381 e. The van der Waals surface area contributed by atoms with E-state index in [4.69, 9.17) is 9.47 Å². The quantitative estimate of drug-likeness (QED) is 0.801. The first-order chi connectivity index (χ1) is 10.1. The van der Waals surface area contributed by atoms with Crippen molar-refractivity contribution in [2.24, 2.45) is 13.0 Å². The van der Waals surface area contributed by atoms with Gasteiger partial charge in [-0.2, -0.15) is 5.10 Å². The highest BCUT2D eigenvalue weighted by Gasteiger charge is 2.41. The molecule has 116 valence electrons. The molecule has 2 aliphatic rings. The zero-order valence-electron chi connectivity index (χ0n) is 12.9. The third-order valence-electron chi connectivity index (χ3n) is 4.77. The van der Waals surface area contributed by atoms with Gasteiger partial charge in [0, 0.05) is 39.0 Å². The Morgan fingerprint density at radius 3 is 2.90 bits per heavy atom. The van der Waals surface area contributed by atoms with E-state index in [1.807, 2.05) is 20.2 Å². The van der Waals surface area contributed by atoms with Gasteiger partial charge < -0.3 is 9.47 Å². The maximum atomic E-state index is 12.9. The molecule has 3 heterocycles. The van der Waals surface area contributed by atoms with E-state index in [0.717, 1.165) is 56.6 Å². The maximum absolute atomic E-state index is 12.9. The van der Waals surface area contributed by atoms with Gasteiger partial charge in [0.2, 0.25) is 0 Å². The highest BCUT2D eigenvalue weighted by atomic mass is 16.5. The van der Waals surface area contributed by atoms with E-state index in [1.54, 1.807) is 4.68 Å². The Balaban J connectivity index is 1.77. The molecule has 5 nitrogen and oxygen atoms in total. The third kappa shape index (κ3) is 2.90. The van der Waals surface area contributed by atoms with Gasteiger partial charge in [-0.1, -0.05) is 6.92 Å². The first-order valence-electron chi connectivity index (χ1n) is 7.92. The van der Waals surface area contributed by atoms with Crippen molar-refractivity contribution < 1.29 is 14.3 Å². The van der Waals surface area contributed by atoms with E-state index >= 15 is 0 Å². The van der Waals surface area contributed by atoms with Crippen molar-refractivity contribution >= 4 is 5.78 Å². The van der Waals surface area contributed by atoms with Crippen LogP contribution in [-0.4, -0.2) is 41.0 Å². The largest absolute Gasteiger partial charge is 0.381 e. The molecule has 0 saturated carbocycles. The SMILES string of the molecule is CCc1nn(C)cc1C(=O)C1CCOC2(CCOCC2)C1. The normalized spacial score (nSPS) is 25.1. The number of carbonyl (C=O) groups is 1. The van der Waals surface area contributed by atoms with Gasteiger partial charge in [0.1, 0.15) is 0 Å². The fourth-order valence-corrected chi connectivity index (χ4v) is 3.56. The van der Waals surface area contributed by atoms with Crippen LogP contribution in [0.3, 0.4) is 0 Å². The van der Waals surface area contributed by atoms with Crippen LogP contribution in [0.1, 0.15) is 48.7 Å². The van der Waals surface area contributed by atoms with E-state index in [-0.39, 0.29) is 17.3 Å². The topological polar surface area (TPSA) is 53.4 Å². The number of aromatic nitrogens is 2. The molecule has 3 rings (SSSR count). The molecule has 2 saturated heterocycles. The van der Waals surface area contributed by atoms with Crippen molar-refractivity contribution in [3.8, 4) is 0 Å². The fourth-order valence-electron chi connectivity index (χ4n) is 3.56. The van der Waals surface area contributed by atoms with Crippen LogP contribution < -0.4 is 0 Å². The second-order valence-corrected chi connectivity index (χ2v) is 6.21. The Morgan fingerprint density at radius 1 is 1.43 bits per heavy atom. The molecule has 1 aromatic rings. The fraction of sp³-hybridized carbons (Fsp3) is 0.750. The number of ether oxygens (including phenoxy) is 2. The number of aryl methyl sites for hydroxylation is 2. The van der Waals surface area contributed by atoms with Gasteiger partial charge in [0.05, 0.1) is 16.9 Å². The summed E-state index contributed by atoms with van der Waals surface area (Å²) >= 11 is 0. The summed E-state index contributed by atoms with van der Waals surface area (Å²) in [5, 5.41) is 4.39. The molecular weight excluding hydrogens is 268 g/mol. The molecule has 0 aliphatic carbocycles. The smallest absolute Gasteiger partial charge is 0.169 e. The van der Waals surface area contributed by atoms with Crippen molar-refractivity contribution in [3.05, 3.63) is 17.5 Å². The molecule has 1 unspecified atom stereocenters. The number of hydrogen-bond acceptors (Lipinski definition) is 4. The highest BCUT2D eigenvalue weighted by molar-refractivity contribution is 5.98. The molecule has 1 atom stereocenters. The minimum atomic E-state index is -0.134. The summed E-state index contributed by atoms with van der Waals surface area (Å²) in [6, 6.07) is 0. The van der Waals surface area contributed by atoms with E-state index in [0.29, 0.717) is 6.61 Å². The van der Waals surface area contributed by atoms with Crippen LogP contribution in [0, 0.1) is 5.92 Å².